The average Bonchev–Trinajstić information content (AvgIpc) is 2.27. The van der Waals surface area contributed by atoms with Crippen LogP contribution < -0.4 is 5.32 Å². The van der Waals surface area contributed by atoms with Crippen molar-refractivity contribution in [1.82, 2.24) is 9.97 Å². The molecule has 1 aromatic heterocycles. The molecule has 1 aliphatic carbocycles. The molecule has 100 valence electrons. The van der Waals surface area contributed by atoms with Crippen molar-refractivity contribution in [2.45, 2.75) is 51.7 Å². The third-order valence-corrected chi connectivity index (χ3v) is 3.76. The smallest absolute Gasteiger partial charge is 0.137 e. The maximum atomic E-state index is 6.15. The van der Waals surface area contributed by atoms with Crippen LogP contribution in [0.5, 0.6) is 0 Å². The number of halogens is 1. The number of hydrogen-bond acceptors (Lipinski definition) is 4. The van der Waals surface area contributed by atoms with Gasteiger partial charge >= 0.3 is 0 Å². The van der Waals surface area contributed by atoms with Crippen molar-refractivity contribution in [2.24, 2.45) is 0 Å². The van der Waals surface area contributed by atoms with Crippen molar-refractivity contribution in [2.75, 3.05) is 12.4 Å². The first-order valence-corrected chi connectivity index (χ1v) is 6.72. The molecule has 1 aromatic rings. The van der Waals surface area contributed by atoms with Crippen LogP contribution in [0.2, 0.25) is 5.15 Å². The molecule has 1 heterocycles. The highest BCUT2D eigenvalue weighted by atomic mass is 35.5. The van der Waals surface area contributed by atoms with E-state index >= 15 is 0 Å². The largest absolute Gasteiger partial charge is 0.381 e. The minimum Gasteiger partial charge on any atom is -0.381 e. The average molecular weight is 270 g/mol. The van der Waals surface area contributed by atoms with Crippen LogP contribution in [0.3, 0.4) is 0 Å². The fourth-order valence-corrected chi connectivity index (χ4v) is 2.15. The number of anilines is 1. The Hall–Kier alpha value is -0.870. The van der Waals surface area contributed by atoms with E-state index in [0.717, 1.165) is 30.0 Å². The van der Waals surface area contributed by atoms with Crippen molar-refractivity contribution >= 4 is 17.4 Å². The van der Waals surface area contributed by atoms with Crippen LogP contribution in [0.15, 0.2) is 0 Å². The molecule has 0 spiro atoms. The molecule has 0 atom stereocenters. The minimum absolute atomic E-state index is 0.275. The Kier molecular flexibility index (Phi) is 4.07. The monoisotopic (exact) mass is 269 g/mol. The molecule has 0 aliphatic heterocycles. The fraction of sp³-hybridized carbons (Fsp3) is 0.692. The van der Waals surface area contributed by atoms with E-state index in [1.807, 2.05) is 6.92 Å². The Morgan fingerprint density at radius 1 is 1.33 bits per heavy atom. The summed E-state index contributed by atoms with van der Waals surface area (Å²) in [6.07, 6.45) is 2.42. The summed E-state index contributed by atoms with van der Waals surface area (Å²) >= 11 is 6.15. The van der Waals surface area contributed by atoms with Crippen LogP contribution in [0.25, 0.3) is 0 Å². The van der Waals surface area contributed by atoms with Gasteiger partial charge in [0.15, 0.2) is 0 Å². The van der Waals surface area contributed by atoms with E-state index in [4.69, 9.17) is 16.3 Å². The van der Waals surface area contributed by atoms with E-state index in [1.165, 1.54) is 0 Å². The van der Waals surface area contributed by atoms with Gasteiger partial charge in [0.05, 0.1) is 6.10 Å². The van der Waals surface area contributed by atoms with Gasteiger partial charge in [0, 0.05) is 24.6 Å². The van der Waals surface area contributed by atoms with E-state index < -0.39 is 0 Å². The van der Waals surface area contributed by atoms with Gasteiger partial charge in [0.1, 0.15) is 16.8 Å². The van der Waals surface area contributed by atoms with E-state index in [1.54, 1.807) is 7.11 Å². The summed E-state index contributed by atoms with van der Waals surface area (Å²) in [6.45, 7) is 6.07. The number of ether oxygens (including phenoxy) is 1. The first kappa shape index (κ1) is 13.6. The topological polar surface area (TPSA) is 47.0 Å². The Bertz CT molecular complexity index is 430. The maximum absolute atomic E-state index is 6.15. The van der Waals surface area contributed by atoms with Crippen molar-refractivity contribution in [3.63, 3.8) is 0 Å². The highest BCUT2D eigenvalue weighted by Gasteiger charge is 2.29. The van der Waals surface area contributed by atoms with Gasteiger partial charge in [0.2, 0.25) is 0 Å². The first-order chi connectivity index (χ1) is 8.51. The summed E-state index contributed by atoms with van der Waals surface area (Å²) in [7, 11) is 1.75. The fourth-order valence-electron chi connectivity index (χ4n) is 1.97. The number of methoxy groups -OCH3 is 1. The predicted octanol–water partition coefficient (Wildman–Crippen LogP) is 3.15. The number of rotatable bonds is 4. The molecule has 0 amide bonds. The highest BCUT2D eigenvalue weighted by Crippen LogP contribution is 2.29. The Balaban J connectivity index is 2.12. The van der Waals surface area contributed by atoms with Crippen LogP contribution in [0.4, 0.5) is 5.82 Å². The molecule has 2 rings (SSSR count). The summed E-state index contributed by atoms with van der Waals surface area (Å²) in [5.74, 6) is 1.92. The molecule has 0 aromatic carbocycles. The third-order valence-electron chi connectivity index (χ3n) is 3.39. The number of aromatic nitrogens is 2. The number of hydrogen-bond donors (Lipinski definition) is 1. The number of nitrogens with one attached hydrogen (secondary N) is 1. The van der Waals surface area contributed by atoms with Crippen molar-refractivity contribution in [3.8, 4) is 0 Å². The van der Waals surface area contributed by atoms with Gasteiger partial charge < -0.3 is 10.1 Å². The molecular formula is C13H20ClN3O. The zero-order chi connectivity index (χ0) is 13.3. The van der Waals surface area contributed by atoms with E-state index in [9.17, 15) is 0 Å². The Morgan fingerprint density at radius 3 is 2.56 bits per heavy atom. The van der Waals surface area contributed by atoms with Crippen LogP contribution >= 0.6 is 11.6 Å². The first-order valence-electron chi connectivity index (χ1n) is 6.34. The molecule has 18 heavy (non-hydrogen) atoms. The summed E-state index contributed by atoms with van der Waals surface area (Å²) < 4.78 is 5.27. The van der Waals surface area contributed by atoms with Gasteiger partial charge in [-0.25, -0.2) is 9.97 Å². The predicted molar refractivity (Wildman–Crippen MR) is 73.3 cm³/mol. The minimum atomic E-state index is 0.275. The van der Waals surface area contributed by atoms with Gasteiger partial charge in [-0.2, -0.15) is 0 Å². The zero-order valence-corrected chi connectivity index (χ0v) is 12.1. The van der Waals surface area contributed by atoms with Gasteiger partial charge in [-0.3, -0.25) is 0 Å². The lowest BCUT2D eigenvalue weighted by Gasteiger charge is -2.35. The van der Waals surface area contributed by atoms with Gasteiger partial charge in [0.25, 0.3) is 0 Å². The standard InChI is InChI=1S/C13H20ClN3O/c1-7(2)12-16-11(14)8(3)13(17-12)15-9-5-10(6-9)18-4/h7,9-10H,5-6H2,1-4H3,(H,15,16,17). The number of nitrogens with zero attached hydrogens (tertiary/aromatic N) is 2. The van der Waals surface area contributed by atoms with E-state index in [0.29, 0.717) is 17.3 Å². The summed E-state index contributed by atoms with van der Waals surface area (Å²) in [6, 6.07) is 0.430. The molecule has 1 aliphatic rings. The molecule has 5 heteroatoms. The maximum Gasteiger partial charge on any atom is 0.137 e. The second-order valence-corrected chi connectivity index (χ2v) is 5.53. The highest BCUT2D eigenvalue weighted by molar-refractivity contribution is 6.30. The second-order valence-electron chi connectivity index (χ2n) is 5.17. The SMILES string of the molecule is COC1CC(Nc2nc(C(C)C)nc(Cl)c2C)C1. The zero-order valence-electron chi connectivity index (χ0n) is 11.3. The molecule has 4 nitrogen and oxygen atoms in total. The van der Waals surface area contributed by atoms with Crippen molar-refractivity contribution < 1.29 is 4.74 Å². The Morgan fingerprint density at radius 2 is 2.00 bits per heavy atom. The van der Waals surface area contributed by atoms with Crippen molar-refractivity contribution in [1.29, 1.82) is 0 Å². The third kappa shape index (κ3) is 2.75. The molecule has 0 saturated heterocycles. The lowest BCUT2D eigenvalue weighted by Crippen LogP contribution is -2.40. The molecule has 0 bridgehead atoms. The van der Waals surface area contributed by atoms with Crippen LogP contribution in [-0.2, 0) is 4.74 Å². The Labute approximate surface area is 113 Å². The van der Waals surface area contributed by atoms with Gasteiger partial charge in [-0.1, -0.05) is 25.4 Å². The summed E-state index contributed by atoms with van der Waals surface area (Å²) in [4.78, 5) is 8.86. The second kappa shape index (κ2) is 5.41. The molecule has 1 fully saturated rings. The summed E-state index contributed by atoms with van der Waals surface area (Å²) in [5.41, 5.74) is 0.918. The molecule has 0 radical (unpaired) electrons. The van der Waals surface area contributed by atoms with Gasteiger partial charge in [-0.05, 0) is 19.8 Å². The van der Waals surface area contributed by atoms with Crippen LogP contribution in [0.1, 0.15) is 44.0 Å². The lowest BCUT2D eigenvalue weighted by molar-refractivity contribution is 0.0327. The van der Waals surface area contributed by atoms with E-state index in [2.05, 4.69) is 29.1 Å². The van der Waals surface area contributed by atoms with Crippen LogP contribution in [-0.4, -0.2) is 29.2 Å². The molecule has 1 N–H and O–H groups in total. The molecule has 0 unspecified atom stereocenters. The molecule has 1 saturated carbocycles. The molecular weight excluding hydrogens is 250 g/mol. The van der Waals surface area contributed by atoms with Gasteiger partial charge in [-0.15, -0.1) is 0 Å². The normalized spacial score (nSPS) is 23.0. The quantitative estimate of drug-likeness (QED) is 0.853. The summed E-state index contributed by atoms with van der Waals surface area (Å²) in [5, 5.41) is 3.97. The van der Waals surface area contributed by atoms with Crippen LogP contribution in [0, 0.1) is 6.92 Å². The van der Waals surface area contributed by atoms with Crippen molar-refractivity contribution in [3.05, 3.63) is 16.5 Å². The van der Waals surface area contributed by atoms with E-state index in [-0.39, 0.29) is 5.92 Å². The lowest BCUT2D eigenvalue weighted by atomic mass is 9.89.